The van der Waals surface area contributed by atoms with Gasteiger partial charge < -0.3 is 0 Å². The van der Waals surface area contributed by atoms with E-state index in [0.717, 1.165) is 5.56 Å². The first kappa shape index (κ1) is 20.4. The van der Waals surface area contributed by atoms with Crippen molar-refractivity contribution in [2.24, 2.45) is 0 Å². The van der Waals surface area contributed by atoms with Crippen molar-refractivity contribution < 1.29 is 0 Å². The Morgan fingerprint density at radius 1 is 1.00 bits per heavy atom. The van der Waals surface area contributed by atoms with Crippen LogP contribution in [0.5, 0.6) is 0 Å². The molecule has 0 bridgehead atoms. The lowest BCUT2D eigenvalue weighted by Crippen LogP contribution is -2.24. The SMILES string of the molecule is O=c1c2ccccc2nc(SCc2cc(=O)n3cc(Cl)ccc3n2)n1Cc1cccnc1. The maximum Gasteiger partial charge on any atom is 0.262 e. The Morgan fingerprint density at radius 3 is 2.72 bits per heavy atom. The van der Waals surface area contributed by atoms with Gasteiger partial charge in [-0.25, -0.2) is 9.97 Å². The average Bonchev–Trinajstić information content (AvgIpc) is 2.81. The molecule has 7 nitrogen and oxygen atoms in total. The van der Waals surface area contributed by atoms with Crippen LogP contribution in [-0.2, 0) is 12.3 Å². The van der Waals surface area contributed by atoms with E-state index >= 15 is 0 Å². The normalized spacial score (nSPS) is 11.3. The van der Waals surface area contributed by atoms with Crippen molar-refractivity contribution in [3.8, 4) is 0 Å². The van der Waals surface area contributed by atoms with Gasteiger partial charge in [-0.3, -0.25) is 23.5 Å². The minimum absolute atomic E-state index is 0.122. The van der Waals surface area contributed by atoms with Gasteiger partial charge in [0.05, 0.1) is 28.2 Å². The molecule has 4 heterocycles. The summed E-state index contributed by atoms with van der Waals surface area (Å²) in [6.45, 7) is 0.346. The molecule has 9 heteroatoms. The first-order valence-corrected chi connectivity index (χ1v) is 11.1. The summed E-state index contributed by atoms with van der Waals surface area (Å²) in [5.74, 6) is 0.381. The first-order valence-electron chi connectivity index (χ1n) is 9.77. The first-order chi connectivity index (χ1) is 15.6. The number of hydrogen-bond donors (Lipinski definition) is 0. The van der Waals surface area contributed by atoms with E-state index in [9.17, 15) is 9.59 Å². The molecule has 0 atom stereocenters. The molecule has 0 aliphatic rings. The second kappa shape index (κ2) is 8.57. The minimum Gasteiger partial charge on any atom is -0.283 e. The van der Waals surface area contributed by atoms with Crippen molar-refractivity contribution in [3.63, 3.8) is 0 Å². The summed E-state index contributed by atoms with van der Waals surface area (Å²) in [5, 5.41) is 1.57. The van der Waals surface area contributed by atoms with Gasteiger partial charge in [-0.1, -0.05) is 41.6 Å². The Bertz CT molecular complexity index is 1570. The Kier molecular flexibility index (Phi) is 5.46. The molecule has 0 fully saturated rings. The molecule has 0 saturated heterocycles. The van der Waals surface area contributed by atoms with Crippen molar-refractivity contribution >= 4 is 39.9 Å². The summed E-state index contributed by atoms with van der Waals surface area (Å²) in [5.41, 5.74) is 2.29. The van der Waals surface area contributed by atoms with Gasteiger partial charge in [-0.05, 0) is 35.9 Å². The summed E-state index contributed by atoms with van der Waals surface area (Å²) in [4.78, 5) is 39.1. The van der Waals surface area contributed by atoms with Crippen LogP contribution in [0.3, 0.4) is 0 Å². The van der Waals surface area contributed by atoms with E-state index in [0.29, 0.717) is 44.7 Å². The van der Waals surface area contributed by atoms with Gasteiger partial charge >= 0.3 is 0 Å². The molecular formula is C23H16ClN5O2S. The topological polar surface area (TPSA) is 82.1 Å². The highest BCUT2D eigenvalue weighted by molar-refractivity contribution is 7.98. The maximum atomic E-state index is 13.2. The number of benzene rings is 1. The molecular weight excluding hydrogens is 446 g/mol. The van der Waals surface area contributed by atoms with Crippen LogP contribution in [0.25, 0.3) is 16.6 Å². The molecule has 4 aromatic heterocycles. The molecule has 1 aromatic carbocycles. The van der Waals surface area contributed by atoms with Gasteiger partial charge in [-0.15, -0.1) is 0 Å². The average molecular weight is 462 g/mol. The zero-order valence-corrected chi connectivity index (χ0v) is 18.3. The van der Waals surface area contributed by atoms with Crippen LogP contribution < -0.4 is 11.1 Å². The third-order valence-electron chi connectivity index (χ3n) is 4.92. The third-order valence-corrected chi connectivity index (χ3v) is 6.15. The van der Waals surface area contributed by atoms with E-state index in [1.165, 1.54) is 22.2 Å². The predicted octanol–water partition coefficient (Wildman–Crippen LogP) is 3.79. The maximum absolute atomic E-state index is 13.2. The smallest absolute Gasteiger partial charge is 0.262 e. The standard InChI is InChI=1S/C23H16ClN5O2S/c24-16-7-8-20-26-17(10-21(30)28(20)13-16)14-32-23-27-19-6-2-1-5-18(19)22(31)29(23)12-15-4-3-9-25-11-15/h1-11,13H,12,14H2. The van der Waals surface area contributed by atoms with Crippen molar-refractivity contribution in [2.45, 2.75) is 17.5 Å². The predicted molar refractivity (Wildman–Crippen MR) is 125 cm³/mol. The van der Waals surface area contributed by atoms with E-state index in [1.54, 1.807) is 41.4 Å². The number of halogens is 1. The molecule has 32 heavy (non-hydrogen) atoms. The lowest BCUT2D eigenvalue weighted by molar-refractivity contribution is 0.656. The molecule has 5 rings (SSSR count). The highest BCUT2D eigenvalue weighted by Crippen LogP contribution is 2.22. The monoisotopic (exact) mass is 461 g/mol. The molecule has 0 saturated carbocycles. The zero-order valence-electron chi connectivity index (χ0n) is 16.7. The Hall–Kier alpha value is -3.49. The highest BCUT2D eigenvalue weighted by Gasteiger charge is 2.13. The molecule has 0 aliphatic carbocycles. The number of pyridine rings is 2. The van der Waals surface area contributed by atoms with Crippen LogP contribution in [0.15, 0.2) is 87.9 Å². The van der Waals surface area contributed by atoms with Gasteiger partial charge in [0.1, 0.15) is 5.65 Å². The number of fused-ring (bicyclic) bond motifs is 2. The largest absolute Gasteiger partial charge is 0.283 e. The number of thioether (sulfide) groups is 1. The number of para-hydroxylation sites is 1. The number of rotatable bonds is 5. The van der Waals surface area contributed by atoms with E-state index in [2.05, 4.69) is 9.97 Å². The van der Waals surface area contributed by atoms with Gasteiger partial charge in [0.2, 0.25) is 0 Å². The number of hydrogen-bond acceptors (Lipinski definition) is 6. The molecule has 0 unspecified atom stereocenters. The quantitative estimate of drug-likeness (QED) is 0.292. The van der Waals surface area contributed by atoms with Crippen LogP contribution >= 0.6 is 23.4 Å². The van der Waals surface area contributed by atoms with E-state index in [-0.39, 0.29) is 11.1 Å². The molecule has 0 spiro atoms. The zero-order chi connectivity index (χ0) is 22.1. The molecule has 0 amide bonds. The molecule has 0 radical (unpaired) electrons. The fourth-order valence-electron chi connectivity index (χ4n) is 3.41. The van der Waals surface area contributed by atoms with E-state index in [4.69, 9.17) is 16.6 Å². The fraction of sp³-hybridized carbons (Fsp3) is 0.0870. The van der Waals surface area contributed by atoms with Crippen molar-refractivity contribution in [3.05, 3.63) is 110 Å². The summed E-state index contributed by atoms with van der Waals surface area (Å²) >= 11 is 7.34. The van der Waals surface area contributed by atoms with Gasteiger partial charge in [0.15, 0.2) is 5.16 Å². The number of nitrogens with zero attached hydrogens (tertiary/aromatic N) is 5. The Balaban J connectivity index is 1.54. The van der Waals surface area contributed by atoms with Gasteiger partial charge in [0.25, 0.3) is 11.1 Å². The van der Waals surface area contributed by atoms with Crippen LogP contribution in [0, 0.1) is 0 Å². The Labute approximate surface area is 191 Å². The fourth-order valence-corrected chi connectivity index (χ4v) is 4.46. The van der Waals surface area contributed by atoms with Crippen LogP contribution in [0.2, 0.25) is 5.02 Å². The van der Waals surface area contributed by atoms with Crippen molar-refractivity contribution in [1.82, 2.24) is 23.9 Å². The molecule has 5 aromatic rings. The third kappa shape index (κ3) is 4.02. The van der Waals surface area contributed by atoms with Crippen LogP contribution in [-0.4, -0.2) is 23.9 Å². The van der Waals surface area contributed by atoms with Gasteiger partial charge in [0, 0.05) is 30.4 Å². The van der Waals surface area contributed by atoms with Gasteiger partial charge in [-0.2, -0.15) is 0 Å². The van der Waals surface area contributed by atoms with Crippen molar-refractivity contribution in [2.75, 3.05) is 0 Å². The second-order valence-corrected chi connectivity index (χ2v) is 8.49. The summed E-state index contributed by atoms with van der Waals surface area (Å²) in [6, 6.07) is 15.9. The van der Waals surface area contributed by atoms with Crippen molar-refractivity contribution in [1.29, 1.82) is 0 Å². The summed E-state index contributed by atoms with van der Waals surface area (Å²) in [6.07, 6.45) is 4.96. The summed E-state index contributed by atoms with van der Waals surface area (Å²) < 4.78 is 3.04. The van der Waals surface area contributed by atoms with E-state index < -0.39 is 0 Å². The minimum atomic E-state index is -0.215. The molecule has 0 aliphatic heterocycles. The van der Waals surface area contributed by atoms with Crippen LogP contribution in [0.4, 0.5) is 0 Å². The summed E-state index contributed by atoms with van der Waals surface area (Å²) in [7, 11) is 0. The second-order valence-electron chi connectivity index (χ2n) is 7.11. The molecule has 158 valence electrons. The van der Waals surface area contributed by atoms with Crippen LogP contribution in [0.1, 0.15) is 11.3 Å². The lowest BCUT2D eigenvalue weighted by Gasteiger charge is -2.13. The Morgan fingerprint density at radius 2 is 1.88 bits per heavy atom. The molecule has 0 N–H and O–H groups in total. The number of aromatic nitrogens is 5. The lowest BCUT2D eigenvalue weighted by atomic mass is 10.2. The van der Waals surface area contributed by atoms with E-state index in [1.807, 2.05) is 30.3 Å². The highest BCUT2D eigenvalue weighted by atomic mass is 35.5.